The maximum atomic E-state index is 11.6. The van der Waals surface area contributed by atoms with Gasteiger partial charge in [-0.1, -0.05) is 30.3 Å². The first-order chi connectivity index (χ1) is 8.25. The molecule has 0 aliphatic carbocycles. The highest BCUT2D eigenvalue weighted by atomic mass is 16.5. The lowest BCUT2D eigenvalue weighted by Gasteiger charge is -2.21. The van der Waals surface area contributed by atoms with E-state index in [0.717, 1.165) is 22.6 Å². The molecule has 0 atom stereocenters. The Morgan fingerprint density at radius 1 is 1.00 bits per heavy atom. The maximum absolute atomic E-state index is 11.6. The number of hydrogen-bond acceptors (Lipinski definition) is 2. The monoisotopic (exact) mass is 223 g/mol. The summed E-state index contributed by atoms with van der Waals surface area (Å²) in [5.74, 6) is 1.64. The molecule has 0 fully saturated rings. The molecular formula is C15H11O2. The zero-order valence-electron chi connectivity index (χ0n) is 9.44. The van der Waals surface area contributed by atoms with Crippen LogP contribution in [0, 0.1) is 6.42 Å². The van der Waals surface area contributed by atoms with Gasteiger partial charge in [0.1, 0.15) is 11.5 Å². The van der Waals surface area contributed by atoms with Gasteiger partial charge < -0.3 is 4.74 Å². The van der Waals surface area contributed by atoms with Crippen LogP contribution in [0.15, 0.2) is 42.5 Å². The van der Waals surface area contributed by atoms with E-state index in [0.29, 0.717) is 5.56 Å². The second-order valence-corrected chi connectivity index (χ2v) is 4.06. The molecule has 17 heavy (non-hydrogen) atoms. The van der Waals surface area contributed by atoms with Crippen LogP contribution < -0.4 is 4.74 Å². The number of carbonyl (C=O) groups is 1. The van der Waals surface area contributed by atoms with Crippen molar-refractivity contribution in [1.29, 1.82) is 0 Å². The van der Waals surface area contributed by atoms with Gasteiger partial charge in [0.15, 0.2) is 5.78 Å². The normalized spacial score (nSPS) is 12.3. The van der Waals surface area contributed by atoms with Crippen LogP contribution >= 0.6 is 0 Å². The lowest BCUT2D eigenvalue weighted by atomic mass is 9.94. The third kappa shape index (κ3) is 1.62. The molecule has 1 aliphatic heterocycles. The smallest absolute Gasteiger partial charge is 0.160 e. The minimum absolute atomic E-state index is 0.0566. The zero-order valence-corrected chi connectivity index (χ0v) is 9.44. The molecule has 1 radical (unpaired) electrons. The molecule has 0 N–H and O–H groups in total. The van der Waals surface area contributed by atoms with Crippen LogP contribution in [-0.2, 0) is 0 Å². The molecule has 0 aromatic heterocycles. The van der Waals surface area contributed by atoms with Gasteiger partial charge in [0, 0.05) is 23.1 Å². The molecule has 0 bridgehead atoms. The van der Waals surface area contributed by atoms with Gasteiger partial charge in [0.2, 0.25) is 0 Å². The predicted molar refractivity (Wildman–Crippen MR) is 65.5 cm³/mol. The van der Waals surface area contributed by atoms with E-state index in [2.05, 4.69) is 0 Å². The first-order valence-electron chi connectivity index (χ1n) is 5.51. The summed E-state index contributed by atoms with van der Waals surface area (Å²) < 4.78 is 5.78. The summed E-state index contributed by atoms with van der Waals surface area (Å²) in [6, 6.07) is 13.4. The Morgan fingerprint density at radius 3 is 2.59 bits per heavy atom. The molecule has 2 heteroatoms. The second-order valence-electron chi connectivity index (χ2n) is 4.06. The van der Waals surface area contributed by atoms with Crippen molar-refractivity contribution < 1.29 is 9.53 Å². The van der Waals surface area contributed by atoms with Gasteiger partial charge in [0.25, 0.3) is 0 Å². The van der Waals surface area contributed by atoms with Gasteiger partial charge in [-0.15, -0.1) is 0 Å². The standard InChI is InChI=1S/C15H11O2/c1-10(16)12-6-4-8-15-13(12)9-11-5-2-3-7-14(11)17-15/h2-9H,1H3. The van der Waals surface area contributed by atoms with Crippen LogP contribution in [0.5, 0.6) is 11.5 Å². The first kappa shape index (κ1) is 10.1. The van der Waals surface area contributed by atoms with E-state index in [-0.39, 0.29) is 5.78 Å². The number of carbonyl (C=O) groups excluding carboxylic acids is 1. The number of rotatable bonds is 1. The van der Waals surface area contributed by atoms with E-state index in [4.69, 9.17) is 4.74 Å². The van der Waals surface area contributed by atoms with E-state index >= 15 is 0 Å². The van der Waals surface area contributed by atoms with Gasteiger partial charge in [-0.3, -0.25) is 4.79 Å². The largest absolute Gasteiger partial charge is 0.457 e. The molecule has 2 nitrogen and oxygen atoms in total. The minimum Gasteiger partial charge on any atom is -0.457 e. The van der Waals surface area contributed by atoms with Crippen LogP contribution in [0.3, 0.4) is 0 Å². The average molecular weight is 223 g/mol. The number of para-hydroxylation sites is 1. The predicted octanol–water partition coefficient (Wildman–Crippen LogP) is 3.60. The molecule has 2 aromatic carbocycles. The lowest BCUT2D eigenvalue weighted by Crippen LogP contribution is -2.06. The fourth-order valence-corrected chi connectivity index (χ4v) is 2.06. The summed E-state index contributed by atoms with van der Waals surface area (Å²) in [5.41, 5.74) is 2.59. The topological polar surface area (TPSA) is 26.3 Å². The van der Waals surface area contributed by atoms with E-state index in [9.17, 15) is 4.79 Å². The molecule has 2 aromatic rings. The third-order valence-corrected chi connectivity index (χ3v) is 2.88. The summed E-state index contributed by atoms with van der Waals surface area (Å²) in [6.45, 7) is 1.57. The van der Waals surface area contributed by atoms with Gasteiger partial charge in [-0.2, -0.15) is 0 Å². The molecule has 1 aliphatic rings. The molecule has 3 rings (SSSR count). The van der Waals surface area contributed by atoms with Crippen LogP contribution in [0.4, 0.5) is 0 Å². The number of ketones is 1. The maximum Gasteiger partial charge on any atom is 0.160 e. The Bertz CT molecular complexity index is 600. The quantitative estimate of drug-likeness (QED) is 0.589. The Balaban J connectivity index is 2.15. The van der Waals surface area contributed by atoms with Crippen molar-refractivity contribution in [2.24, 2.45) is 0 Å². The Kier molecular flexibility index (Phi) is 2.22. The highest BCUT2D eigenvalue weighted by molar-refractivity contribution is 5.97. The molecule has 0 spiro atoms. The van der Waals surface area contributed by atoms with Crippen LogP contribution in [0.25, 0.3) is 0 Å². The number of Topliss-reactive ketones (excluding diaryl/α,β-unsaturated/α-hetero) is 1. The van der Waals surface area contributed by atoms with E-state index < -0.39 is 0 Å². The van der Waals surface area contributed by atoms with Crippen molar-refractivity contribution in [1.82, 2.24) is 0 Å². The number of ether oxygens (including phenoxy) is 1. The van der Waals surface area contributed by atoms with E-state index in [1.165, 1.54) is 0 Å². The van der Waals surface area contributed by atoms with Crippen molar-refractivity contribution in [2.45, 2.75) is 6.92 Å². The molecule has 0 unspecified atom stereocenters. The SMILES string of the molecule is CC(=O)c1cccc2c1[CH]c1ccccc1O2. The third-order valence-electron chi connectivity index (χ3n) is 2.88. The highest BCUT2D eigenvalue weighted by Crippen LogP contribution is 2.38. The van der Waals surface area contributed by atoms with Crippen molar-refractivity contribution in [3.63, 3.8) is 0 Å². The van der Waals surface area contributed by atoms with Crippen LogP contribution in [0.2, 0.25) is 0 Å². The Hall–Kier alpha value is -2.09. The van der Waals surface area contributed by atoms with Crippen LogP contribution in [-0.4, -0.2) is 5.78 Å². The van der Waals surface area contributed by atoms with E-state index in [1.54, 1.807) is 6.92 Å². The average Bonchev–Trinajstić information content (AvgIpc) is 2.35. The van der Waals surface area contributed by atoms with Crippen molar-refractivity contribution in [3.8, 4) is 11.5 Å². The fraction of sp³-hybridized carbons (Fsp3) is 0.0667. The lowest BCUT2D eigenvalue weighted by molar-refractivity contribution is 0.101. The van der Waals surface area contributed by atoms with Crippen LogP contribution in [0.1, 0.15) is 28.4 Å². The van der Waals surface area contributed by atoms with Gasteiger partial charge in [0.05, 0.1) is 0 Å². The number of benzene rings is 2. The number of fused-ring (bicyclic) bond motifs is 2. The molecular weight excluding hydrogens is 212 g/mol. The Morgan fingerprint density at radius 2 is 1.76 bits per heavy atom. The fourth-order valence-electron chi connectivity index (χ4n) is 2.06. The molecule has 83 valence electrons. The molecule has 0 saturated carbocycles. The summed E-state index contributed by atoms with van der Waals surface area (Å²) in [6.07, 6.45) is 2.00. The first-order valence-corrected chi connectivity index (χ1v) is 5.51. The van der Waals surface area contributed by atoms with Gasteiger partial charge >= 0.3 is 0 Å². The summed E-state index contributed by atoms with van der Waals surface area (Å²) >= 11 is 0. The van der Waals surface area contributed by atoms with Gasteiger partial charge in [-0.25, -0.2) is 0 Å². The van der Waals surface area contributed by atoms with E-state index in [1.807, 2.05) is 48.9 Å². The zero-order chi connectivity index (χ0) is 11.8. The minimum atomic E-state index is 0.0566. The van der Waals surface area contributed by atoms with Gasteiger partial charge in [-0.05, 0) is 19.1 Å². The summed E-state index contributed by atoms with van der Waals surface area (Å²) in [5, 5.41) is 0. The summed E-state index contributed by atoms with van der Waals surface area (Å²) in [4.78, 5) is 11.6. The highest BCUT2D eigenvalue weighted by Gasteiger charge is 2.20. The molecule has 0 saturated heterocycles. The Labute approximate surface area is 99.9 Å². The number of hydrogen-bond donors (Lipinski definition) is 0. The van der Waals surface area contributed by atoms with Crippen molar-refractivity contribution in [3.05, 3.63) is 65.6 Å². The van der Waals surface area contributed by atoms with Crippen molar-refractivity contribution >= 4 is 5.78 Å². The molecule has 1 heterocycles. The summed E-state index contributed by atoms with van der Waals surface area (Å²) in [7, 11) is 0. The van der Waals surface area contributed by atoms with Crippen molar-refractivity contribution in [2.75, 3.05) is 0 Å². The second kappa shape index (κ2) is 3.74. The molecule has 0 amide bonds.